The van der Waals surface area contributed by atoms with Crippen LogP contribution in [0.2, 0.25) is 0 Å². The summed E-state index contributed by atoms with van der Waals surface area (Å²) in [6.45, 7) is 2.48. The minimum Gasteiger partial charge on any atom is -0.468 e. The summed E-state index contributed by atoms with van der Waals surface area (Å²) in [5, 5.41) is 2.76. The second-order valence-corrected chi connectivity index (χ2v) is 7.57. The molecule has 0 bridgehead atoms. The average molecular weight is 450 g/mol. The van der Waals surface area contributed by atoms with Crippen molar-refractivity contribution in [3.8, 4) is 5.88 Å². The molecule has 172 valence electrons. The highest BCUT2D eigenvalue weighted by atomic mass is 19.4. The van der Waals surface area contributed by atoms with E-state index in [2.05, 4.69) is 15.0 Å². The first-order chi connectivity index (χ1) is 15.2. The Kier molecular flexibility index (Phi) is 7.55. The zero-order valence-electron chi connectivity index (χ0n) is 17.7. The second-order valence-electron chi connectivity index (χ2n) is 7.57. The molecule has 1 aliphatic rings. The van der Waals surface area contributed by atoms with Crippen molar-refractivity contribution in [2.75, 3.05) is 32.8 Å². The molecule has 1 aliphatic heterocycles. The van der Waals surface area contributed by atoms with E-state index in [4.69, 9.17) is 0 Å². The van der Waals surface area contributed by atoms with Gasteiger partial charge in [0.05, 0.1) is 0 Å². The van der Waals surface area contributed by atoms with Crippen LogP contribution in [-0.2, 0) is 6.54 Å². The van der Waals surface area contributed by atoms with E-state index in [1.54, 1.807) is 21.9 Å². The van der Waals surface area contributed by atoms with Crippen molar-refractivity contribution in [3.63, 3.8) is 0 Å². The lowest BCUT2D eigenvalue weighted by atomic mass is 10.1. The molecule has 0 saturated carbocycles. The fourth-order valence-corrected chi connectivity index (χ4v) is 3.37. The van der Waals surface area contributed by atoms with Gasteiger partial charge >= 0.3 is 12.2 Å². The van der Waals surface area contributed by atoms with Gasteiger partial charge in [0.2, 0.25) is 5.88 Å². The Labute approximate surface area is 184 Å². The van der Waals surface area contributed by atoms with E-state index in [9.17, 15) is 22.8 Å². The van der Waals surface area contributed by atoms with Crippen LogP contribution >= 0.6 is 0 Å². The van der Waals surface area contributed by atoms with Crippen molar-refractivity contribution in [1.29, 1.82) is 0 Å². The van der Waals surface area contributed by atoms with Crippen LogP contribution in [0.1, 0.15) is 27.9 Å². The Hall–Kier alpha value is -3.30. The summed E-state index contributed by atoms with van der Waals surface area (Å²) in [7, 11) is 0. The minimum absolute atomic E-state index is 0.0564. The van der Waals surface area contributed by atoms with Crippen LogP contribution < -0.4 is 10.1 Å². The fraction of sp³-hybridized carbons (Fsp3) is 0.409. The molecule has 0 unspecified atom stereocenters. The number of carbonyl (C=O) groups excluding carboxylic acids is 2. The van der Waals surface area contributed by atoms with Gasteiger partial charge in [-0.3, -0.25) is 4.79 Å². The lowest BCUT2D eigenvalue weighted by molar-refractivity contribution is -0.154. The van der Waals surface area contributed by atoms with Crippen molar-refractivity contribution >= 4 is 11.9 Å². The summed E-state index contributed by atoms with van der Waals surface area (Å²) in [6.07, 6.45) is -2.48. The number of aromatic nitrogens is 1. The summed E-state index contributed by atoms with van der Waals surface area (Å²) in [6, 6.07) is 10.1. The van der Waals surface area contributed by atoms with Crippen LogP contribution in [0, 0.1) is 6.92 Å². The lowest BCUT2D eigenvalue weighted by Gasteiger charge is -2.22. The van der Waals surface area contributed by atoms with Crippen molar-refractivity contribution in [2.45, 2.75) is 26.1 Å². The first-order valence-electron chi connectivity index (χ1n) is 10.2. The number of ether oxygens (including phenoxy) is 1. The quantitative estimate of drug-likeness (QED) is 0.758. The van der Waals surface area contributed by atoms with E-state index in [-0.39, 0.29) is 24.4 Å². The van der Waals surface area contributed by atoms with Gasteiger partial charge in [-0.25, -0.2) is 9.78 Å². The average Bonchev–Trinajstić information content (AvgIpc) is 3.02. The number of rotatable bonds is 5. The first-order valence-corrected chi connectivity index (χ1v) is 10.2. The molecule has 2 heterocycles. The molecule has 1 saturated heterocycles. The van der Waals surface area contributed by atoms with E-state index in [1.807, 2.05) is 25.1 Å². The number of pyridine rings is 1. The standard InChI is InChI=1S/C22H25F3N4O3/c1-16-4-2-5-18(12-16)20(30)28-8-3-9-29(11-10-28)21(31)27-14-17-6-7-26-19(13-17)32-15-22(23,24)25/h2,4-7,12-13H,3,8-11,14-15H2,1H3,(H,27,31). The van der Waals surface area contributed by atoms with Gasteiger partial charge in [-0.1, -0.05) is 17.7 Å². The summed E-state index contributed by atoms with van der Waals surface area (Å²) in [5.74, 6) is -0.215. The SMILES string of the molecule is Cc1cccc(C(=O)N2CCCN(C(=O)NCc3ccnc(OCC(F)(F)F)c3)CC2)c1. The zero-order chi connectivity index (χ0) is 23.1. The number of aryl methyl sites for hydroxylation is 1. The molecule has 0 radical (unpaired) electrons. The highest BCUT2D eigenvalue weighted by Gasteiger charge is 2.28. The number of hydrogen-bond donors (Lipinski definition) is 1. The number of benzene rings is 1. The molecule has 1 N–H and O–H groups in total. The Morgan fingerprint density at radius 2 is 1.84 bits per heavy atom. The second kappa shape index (κ2) is 10.3. The summed E-state index contributed by atoms with van der Waals surface area (Å²) in [5.41, 5.74) is 2.20. The van der Waals surface area contributed by atoms with Crippen molar-refractivity contribution < 1.29 is 27.5 Å². The molecule has 32 heavy (non-hydrogen) atoms. The van der Waals surface area contributed by atoms with Gasteiger partial charge < -0.3 is 19.9 Å². The molecule has 2 aromatic rings. The Bertz CT molecular complexity index is 952. The predicted octanol–water partition coefficient (Wildman–Crippen LogP) is 3.39. The third kappa shape index (κ3) is 6.86. The van der Waals surface area contributed by atoms with Gasteiger partial charge in [-0.2, -0.15) is 13.2 Å². The number of nitrogens with one attached hydrogen (secondary N) is 1. The van der Waals surface area contributed by atoms with Gasteiger partial charge in [0.15, 0.2) is 6.61 Å². The zero-order valence-corrected chi connectivity index (χ0v) is 17.7. The summed E-state index contributed by atoms with van der Waals surface area (Å²) < 4.78 is 41.5. The monoisotopic (exact) mass is 450 g/mol. The van der Waals surface area contributed by atoms with Gasteiger partial charge in [0.25, 0.3) is 5.91 Å². The molecule has 1 aromatic carbocycles. The maximum absolute atomic E-state index is 12.8. The maximum Gasteiger partial charge on any atom is 0.422 e. The lowest BCUT2D eigenvalue weighted by Crippen LogP contribution is -2.42. The number of alkyl halides is 3. The topological polar surface area (TPSA) is 74.8 Å². The Balaban J connectivity index is 1.50. The van der Waals surface area contributed by atoms with Crippen molar-refractivity contribution in [1.82, 2.24) is 20.1 Å². The Morgan fingerprint density at radius 1 is 1.09 bits per heavy atom. The third-order valence-corrected chi connectivity index (χ3v) is 4.96. The number of hydrogen-bond acceptors (Lipinski definition) is 4. The van der Waals surface area contributed by atoms with E-state index in [1.165, 1.54) is 12.3 Å². The number of nitrogens with zero attached hydrogens (tertiary/aromatic N) is 3. The van der Waals surface area contributed by atoms with Crippen LogP contribution in [0.5, 0.6) is 5.88 Å². The molecular weight excluding hydrogens is 425 g/mol. The maximum atomic E-state index is 12.8. The van der Waals surface area contributed by atoms with Gasteiger partial charge in [-0.05, 0) is 37.1 Å². The fourth-order valence-electron chi connectivity index (χ4n) is 3.37. The number of halogens is 3. The molecule has 3 amide bonds. The Morgan fingerprint density at radius 3 is 2.59 bits per heavy atom. The van der Waals surface area contributed by atoms with Crippen LogP contribution in [0.15, 0.2) is 42.6 Å². The smallest absolute Gasteiger partial charge is 0.422 e. The molecule has 3 rings (SSSR count). The van der Waals surface area contributed by atoms with Gasteiger partial charge in [-0.15, -0.1) is 0 Å². The molecule has 0 spiro atoms. The summed E-state index contributed by atoms with van der Waals surface area (Å²) >= 11 is 0. The molecule has 1 fully saturated rings. The minimum atomic E-state index is -4.45. The molecular formula is C22H25F3N4O3. The van der Waals surface area contributed by atoms with Crippen molar-refractivity contribution in [2.24, 2.45) is 0 Å². The number of urea groups is 1. The number of amides is 3. The summed E-state index contributed by atoms with van der Waals surface area (Å²) in [4.78, 5) is 32.5. The van der Waals surface area contributed by atoms with Crippen LogP contribution in [0.25, 0.3) is 0 Å². The van der Waals surface area contributed by atoms with Crippen LogP contribution in [0.4, 0.5) is 18.0 Å². The third-order valence-electron chi connectivity index (χ3n) is 4.96. The largest absolute Gasteiger partial charge is 0.468 e. The predicted molar refractivity (Wildman–Crippen MR) is 111 cm³/mol. The number of carbonyl (C=O) groups is 2. The van der Waals surface area contributed by atoms with E-state index in [0.29, 0.717) is 43.7 Å². The molecule has 1 aromatic heterocycles. The molecule has 7 nitrogen and oxygen atoms in total. The van der Waals surface area contributed by atoms with E-state index < -0.39 is 12.8 Å². The van der Waals surface area contributed by atoms with E-state index >= 15 is 0 Å². The molecule has 0 aliphatic carbocycles. The normalized spacial score (nSPS) is 14.6. The highest BCUT2D eigenvalue weighted by Crippen LogP contribution is 2.17. The van der Waals surface area contributed by atoms with Crippen LogP contribution in [0.3, 0.4) is 0 Å². The highest BCUT2D eigenvalue weighted by molar-refractivity contribution is 5.94. The van der Waals surface area contributed by atoms with E-state index in [0.717, 1.165) is 5.56 Å². The van der Waals surface area contributed by atoms with Gasteiger partial charge in [0, 0.05) is 50.6 Å². The molecule has 0 atom stereocenters. The van der Waals surface area contributed by atoms with Gasteiger partial charge in [0.1, 0.15) is 0 Å². The molecule has 10 heteroatoms. The van der Waals surface area contributed by atoms with Crippen LogP contribution in [-0.4, -0.2) is 65.7 Å². The van der Waals surface area contributed by atoms with Crippen molar-refractivity contribution in [3.05, 3.63) is 59.3 Å². The first kappa shape index (κ1) is 23.4.